The first-order valence-electron chi connectivity index (χ1n) is 4.51. The maximum Gasteiger partial charge on any atom is 0.0681 e. The summed E-state index contributed by atoms with van der Waals surface area (Å²) in [4.78, 5) is 0. The van der Waals surface area contributed by atoms with E-state index in [0.717, 1.165) is 22.3 Å². The lowest BCUT2D eigenvalue weighted by molar-refractivity contribution is 0.282. The van der Waals surface area contributed by atoms with Gasteiger partial charge in [-0.25, -0.2) is 0 Å². The molecule has 0 radical (unpaired) electrons. The highest BCUT2D eigenvalue weighted by Gasteiger charge is 2.03. The number of nitrogens with one attached hydrogen (secondary N) is 1. The summed E-state index contributed by atoms with van der Waals surface area (Å²) in [5.41, 5.74) is 4.32. The summed E-state index contributed by atoms with van der Waals surface area (Å²) in [6.07, 6.45) is 3.65. The van der Waals surface area contributed by atoms with Crippen LogP contribution in [0.1, 0.15) is 11.1 Å². The van der Waals surface area contributed by atoms with E-state index in [4.69, 9.17) is 5.11 Å². The van der Waals surface area contributed by atoms with Gasteiger partial charge in [0.25, 0.3) is 0 Å². The fraction of sp³-hybridized carbons (Fsp3) is 0.182. The number of benzene rings is 1. The summed E-state index contributed by atoms with van der Waals surface area (Å²) < 4.78 is 0. The molecule has 3 nitrogen and oxygen atoms in total. The van der Waals surface area contributed by atoms with Gasteiger partial charge in [-0.2, -0.15) is 5.10 Å². The van der Waals surface area contributed by atoms with Gasteiger partial charge in [-0.3, -0.25) is 5.10 Å². The summed E-state index contributed by atoms with van der Waals surface area (Å²) in [5, 5.41) is 15.7. The second-order valence-electron chi connectivity index (χ2n) is 3.29. The fourth-order valence-electron chi connectivity index (χ4n) is 1.55. The van der Waals surface area contributed by atoms with Crippen molar-refractivity contribution in [1.29, 1.82) is 0 Å². The van der Waals surface area contributed by atoms with Gasteiger partial charge in [-0.15, -0.1) is 0 Å². The lowest BCUT2D eigenvalue weighted by Crippen LogP contribution is -1.87. The van der Waals surface area contributed by atoms with Crippen LogP contribution in [-0.2, 0) is 6.61 Å². The van der Waals surface area contributed by atoms with Gasteiger partial charge in [0, 0.05) is 11.8 Å². The van der Waals surface area contributed by atoms with Crippen molar-refractivity contribution in [2.75, 3.05) is 0 Å². The van der Waals surface area contributed by atoms with Crippen LogP contribution in [-0.4, -0.2) is 15.3 Å². The maximum atomic E-state index is 8.96. The minimum atomic E-state index is 0.0898. The summed E-state index contributed by atoms with van der Waals surface area (Å²) in [6.45, 7) is 2.12. The van der Waals surface area contributed by atoms with E-state index in [1.807, 2.05) is 31.3 Å². The Morgan fingerprint density at radius 1 is 1.43 bits per heavy atom. The highest BCUT2D eigenvalue weighted by atomic mass is 16.3. The predicted octanol–water partition coefficient (Wildman–Crippen LogP) is 1.88. The minimum absolute atomic E-state index is 0.0898. The van der Waals surface area contributed by atoms with Crippen molar-refractivity contribution in [1.82, 2.24) is 10.2 Å². The molecule has 0 atom stereocenters. The van der Waals surface area contributed by atoms with Crippen LogP contribution in [0, 0.1) is 6.92 Å². The highest BCUT2D eigenvalue weighted by molar-refractivity contribution is 5.65. The second-order valence-corrected chi connectivity index (χ2v) is 3.29. The van der Waals surface area contributed by atoms with Gasteiger partial charge in [-0.05, 0) is 23.6 Å². The fourth-order valence-corrected chi connectivity index (χ4v) is 1.55. The van der Waals surface area contributed by atoms with Crippen molar-refractivity contribution in [3.8, 4) is 11.1 Å². The molecule has 0 saturated carbocycles. The van der Waals surface area contributed by atoms with Crippen LogP contribution < -0.4 is 0 Å². The molecule has 0 aliphatic carbocycles. The quantitative estimate of drug-likeness (QED) is 0.756. The third-order valence-electron chi connectivity index (χ3n) is 2.28. The normalized spacial score (nSPS) is 10.4. The molecule has 72 valence electrons. The maximum absolute atomic E-state index is 8.96. The highest BCUT2D eigenvalue weighted by Crippen LogP contribution is 2.22. The van der Waals surface area contributed by atoms with Crippen molar-refractivity contribution in [2.24, 2.45) is 0 Å². The molecule has 2 N–H and O–H groups in total. The Hall–Kier alpha value is -1.61. The van der Waals surface area contributed by atoms with Gasteiger partial charge in [0.2, 0.25) is 0 Å². The van der Waals surface area contributed by atoms with Gasteiger partial charge in [-0.1, -0.05) is 18.2 Å². The first-order valence-corrected chi connectivity index (χ1v) is 4.51. The minimum Gasteiger partial charge on any atom is -0.392 e. The second kappa shape index (κ2) is 3.64. The Balaban J connectivity index is 2.46. The Morgan fingerprint density at radius 3 is 2.86 bits per heavy atom. The molecule has 0 bridgehead atoms. The Bertz CT molecular complexity index is 421. The number of rotatable bonds is 2. The first-order chi connectivity index (χ1) is 6.81. The summed E-state index contributed by atoms with van der Waals surface area (Å²) >= 11 is 0. The number of hydrogen-bond donors (Lipinski definition) is 2. The number of hydrogen-bond acceptors (Lipinski definition) is 2. The van der Waals surface area contributed by atoms with Crippen molar-refractivity contribution >= 4 is 0 Å². The number of H-pyrrole nitrogens is 1. The topological polar surface area (TPSA) is 48.9 Å². The molecular formula is C11H12N2O. The zero-order chi connectivity index (χ0) is 9.97. The number of aromatic nitrogens is 2. The number of nitrogens with zero attached hydrogens (tertiary/aromatic N) is 1. The molecule has 14 heavy (non-hydrogen) atoms. The number of aliphatic hydroxyl groups excluding tert-OH is 1. The molecule has 0 unspecified atom stereocenters. The van der Waals surface area contributed by atoms with Gasteiger partial charge in [0.15, 0.2) is 0 Å². The number of aromatic amines is 1. The van der Waals surface area contributed by atoms with E-state index in [-0.39, 0.29) is 6.61 Å². The Kier molecular flexibility index (Phi) is 2.33. The van der Waals surface area contributed by atoms with E-state index in [1.165, 1.54) is 0 Å². The van der Waals surface area contributed by atoms with Crippen LogP contribution in [0.4, 0.5) is 0 Å². The van der Waals surface area contributed by atoms with Gasteiger partial charge < -0.3 is 5.11 Å². The first kappa shape index (κ1) is 8.97. The Labute approximate surface area is 82.4 Å². The summed E-state index contributed by atoms with van der Waals surface area (Å²) in [6, 6.07) is 5.92. The van der Waals surface area contributed by atoms with Crippen LogP contribution in [0.3, 0.4) is 0 Å². The molecule has 0 aliphatic heterocycles. The van der Waals surface area contributed by atoms with E-state index in [1.54, 1.807) is 6.20 Å². The van der Waals surface area contributed by atoms with Crippen molar-refractivity contribution in [2.45, 2.75) is 13.5 Å². The lowest BCUT2D eigenvalue weighted by Gasteiger charge is -2.04. The molecule has 2 aromatic rings. The molecule has 0 amide bonds. The molecule has 3 heteroatoms. The standard InChI is InChI=1S/C11H12N2O/c1-8-4-9(7-14)2-3-11(8)10-5-12-13-6-10/h2-6,14H,7H2,1H3,(H,12,13). The zero-order valence-electron chi connectivity index (χ0n) is 7.99. The van der Waals surface area contributed by atoms with Gasteiger partial charge in [0.05, 0.1) is 12.8 Å². The smallest absolute Gasteiger partial charge is 0.0681 e. The van der Waals surface area contributed by atoms with E-state index in [0.29, 0.717) is 0 Å². The van der Waals surface area contributed by atoms with Crippen LogP contribution in [0.25, 0.3) is 11.1 Å². The van der Waals surface area contributed by atoms with Crippen molar-refractivity contribution < 1.29 is 5.11 Å². The monoisotopic (exact) mass is 188 g/mol. The molecule has 0 aliphatic rings. The zero-order valence-corrected chi connectivity index (χ0v) is 7.99. The van der Waals surface area contributed by atoms with E-state index < -0.39 is 0 Å². The molecular weight excluding hydrogens is 176 g/mol. The number of aryl methyl sites for hydroxylation is 1. The van der Waals surface area contributed by atoms with E-state index in [2.05, 4.69) is 10.2 Å². The summed E-state index contributed by atoms with van der Waals surface area (Å²) in [7, 11) is 0. The third-order valence-corrected chi connectivity index (χ3v) is 2.28. The van der Waals surface area contributed by atoms with Crippen molar-refractivity contribution in [3.63, 3.8) is 0 Å². The lowest BCUT2D eigenvalue weighted by atomic mass is 10.0. The molecule has 0 saturated heterocycles. The molecule has 0 spiro atoms. The molecule has 1 heterocycles. The van der Waals surface area contributed by atoms with Gasteiger partial charge >= 0.3 is 0 Å². The van der Waals surface area contributed by atoms with Crippen LogP contribution in [0.15, 0.2) is 30.6 Å². The molecule has 0 fully saturated rings. The van der Waals surface area contributed by atoms with Crippen LogP contribution >= 0.6 is 0 Å². The van der Waals surface area contributed by atoms with Crippen LogP contribution in [0.5, 0.6) is 0 Å². The number of aliphatic hydroxyl groups is 1. The largest absolute Gasteiger partial charge is 0.392 e. The summed E-state index contributed by atoms with van der Waals surface area (Å²) in [5.74, 6) is 0. The van der Waals surface area contributed by atoms with Crippen molar-refractivity contribution in [3.05, 3.63) is 41.7 Å². The van der Waals surface area contributed by atoms with Crippen LogP contribution in [0.2, 0.25) is 0 Å². The molecule has 1 aromatic carbocycles. The molecule has 2 rings (SSSR count). The average molecular weight is 188 g/mol. The van der Waals surface area contributed by atoms with Gasteiger partial charge in [0.1, 0.15) is 0 Å². The van der Waals surface area contributed by atoms with E-state index in [9.17, 15) is 0 Å². The third kappa shape index (κ3) is 1.54. The average Bonchev–Trinajstić information content (AvgIpc) is 2.70. The SMILES string of the molecule is Cc1cc(CO)ccc1-c1cn[nH]c1. The van der Waals surface area contributed by atoms with E-state index >= 15 is 0 Å². The predicted molar refractivity (Wildman–Crippen MR) is 54.7 cm³/mol. The Morgan fingerprint density at radius 2 is 2.29 bits per heavy atom. The molecule has 1 aromatic heterocycles.